The van der Waals surface area contributed by atoms with E-state index in [9.17, 15) is 4.79 Å². The van der Waals surface area contributed by atoms with Crippen LogP contribution in [0.1, 0.15) is 25.7 Å². The normalized spacial score (nSPS) is 12.6. The zero-order valence-corrected chi connectivity index (χ0v) is 16.3. The number of methoxy groups -OCH3 is 1. The van der Waals surface area contributed by atoms with E-state index in [1.165, 1.54) is 0 Å². The van der Waals surface area contributed by atoms with Crippen LogP contribution in [0.5, 0.6) is 5.75 Å². The number of imidazole rings is 1. The molecule has 4 rings (SSSR count). The Labute approximate surface area is 163 Å². The molecule has 0 saturated carbocycles. The molecule has 0 unspecified atom stereocenters. The van der Waals surface area contributed by atoms with Crippen molar-refractivity contribution >= 4 is 27.8 Å². The highest BCUT2D eigenvalue weighted by molar-refractivity contribution is 5.88. The molecule has 144 valence electrons. The van der Waals surface area contributed by atoms with Crippen molar-refractivity contribution in [3.05, 3.63) is 60.6 Å². The number of hydrogen-bond donors (Lipinski definition) is 2. The first-order valence-electron chi connectivity index (χ1n) is 9.42. The molecule has 0 fully saturated rings. The summed E-state index contributed by atoms with van der Waals surface area (Å²) >= 11 is 0. The van der Waals surface area contributed by atoms with Crippen molar-refractivity contribution < 1.29 is 9.53 Å². The van der Waals surface area contributed by atoms with Gasteiger partial charge in [-0.1, -0.05) is 32.0 Å². The highest BCUT2D eigenvalue weighted by Crippen LogP contribution is 2.26. The molecule has 6 heteroatoms. The predicted molar refractivity (Wildman–Crippen MR) is 110 cm³/mol. The van der Waals surface area contributed by atoms with Gasteiger partial charge in [-0.15, -0.1) is 0 Å². The first-order chi connectivity index (χ1) is 13.6. The zero-order valence-electron chi connectivity index (χ0n) is 16.3. The van der Waals surface area contributed by atoms with Gasteiger partial charge in [0.05, 0.1) is 29.7 Å². The van der Waals surface area contributed by atoms with Gasteiger partial charge in [0.25, 0.3) is 0 Å². The van der Waals surface area contributed by atoms with E-state index in [0.717, 1.165) is 33.5 Å². The molecule has 0 aliphatic heterocycles. The van der Waals surface area contributed by atoms with E-state index in [4.69, 9.17) is 4.74 Å². The van der Waals surface area contributed by atoms with Crippen LogP contribution in [-0.4, -0.2) is 27.6 Å². The molecule has 0 aliphatic carbocycles. The second kappa shape index (κ2) is 7.38. The molecule has 0 bridgehead atoms. The highest BCUT2D eigenvalue weighted by atomic mass is 16.5. The first kappa shape index (κ1) is 18.1. The summed E-state index contributed by atoms with van der Waals surface area (Å²) in [5, 5.41) is 4.14. The third-order valence-corrected chi connectivity index (χ3v) is 4.99. The summed E-state index contributed by atoms with van der Waals surface area (Å²) < 4.78 is 7.34. The summed E-state index contributed by atoms with van der Waals surface area (Å²) in [5.41, 5.74) is 2.85. The fourth-order valence-corrected chi connectivity index (χ4v) is 3.56. The van der Waals surface area contributed by atoms with Crippen molar-refractivity contribution in [1.82, 2.24) is 19.9 Å². The van der Waals surface area contributed by atoms with Gasteiger partial charge in [-0.05, 0) is 36.2 Å². The monoisotopic (exact) mass is 376 g/mol. The SMILES string of the molecule is COc1cccc2c1ccn2CC(=O)N[C@@H](c1nc2ccccc2[nH]1)C(C)C. The van der Waals surface area contributed by atoms with Crippen molar-refractivity contribution in [2.75, 3.05) is 7.11 Å². The lowest BCUT2D eigenvalue weighted by molar-refractivity contribution is -0.122. The number of fused-ring (bicyclic) bond motifs is 2. The van der Waals surface area contributed by atoms with Gasteiger partial charge in [0, 0.05) is 11.6 Å². The third-order valence-electron chi connectivity index (χ3n) is 4.99. The number of aromatic amines is 1. The summed E-state index contributed by atoms with van der Waals surface area (Å²) in [5.74, 6) is 1.73. The molecular weight excluding hydrogens is 352 g/mol. The Hall–Kier alpha value is -3.28. The van der Waals surface area contributed by atoms with E-state index in [-0.39, 0.29) is 24.4 Å². The minimum Gasteiger partial charge on any atom is -0.496 e. The number of hydrogen-bond acceptors (Lipinski definition) is 3. The summed E-state index contributed by atoms with van der Waals surface area (Å²) in [6, 6.07) is 15.5. The van der Waals surface area contributed by atoms with Crippen molar-refractivity contribution in [1.29, 1.82) is 0 Å². The van der Waals surface area contributed by atoms with Gasteiger partial charge in [0.15, 0.2) is 0 Å². The van der Waals surface area contributed by atoms with E-state index in [2.05, 4.69) is 29.1 Å². The van der Waals surface area contributed by atoms with Crippen LogP contribution < -0.4 is 10.1 Å². The molecule has 1 atom stereocenters. The number of nitrogens with one attached hydrogen (secondary N) is 2. The van der Waals surface area contributed by atoms with Crippen LogP contribution in [-0.2, 0) is 11.3 Å². The van der Waals surface area contributed by atoms with Crippen molar-refractivity contribution in [3.63, 3.8) is 0 Å². The van der Waals surface area contributed by atoms with E-state index in [1.807, 2.05) is 59.3 Å². The zero-order chi connectivity index (χ0) is 19.7. The van der Waals surface area contributed by atoms with Crippen LogP contribution in [0.4, 0.5) is 0 Å². The Morgan fingerprint density at radius 3 is 2.75 bits per heavy atom. The van der Waals surface area contributed by atoms with Crippen LogP contribution in [0.2, 0.25) is 0 Å². The molecule has 6 nitrogen and oxygen atoms in total. The molecule has 2 aromatic heterocycles. The molecule has 2 heterocycles. The highest BCUT2D eigenvalue weighted by Gasteiger charge is 2.22. The molecule has 4 aromatic rings. The fourth-order valence-electron chi connectivity index (χ4n) is 3.56. The second-order valence-electron chi connectivity index (χ2n) is 7.27. The summed E-state index contributed by atoms with van der Waals surface area (Å²) in [4.78, 5) is 20.8. The smallest absolute Gasteiger partial charge is 0.240 e. The summed E-state index contributed by atoms with van der Waals surface area (Å²) in [6.07, 6.45) is 1.92. The number of carbonyl (C=O) groups is 1. The fraction of sp³-hybridized carbons (Fsp3) is 0.273. The first-order valence-corrected chi connectivity index (χ1v) is 9.42. The average molecular weight is 376 g/mol. The van der Waals surface area contributed by atoms with E-state index in [0.29, 0.717) is 0 Å². The average Bonchev–Trinajstić information content (AvgIpc) is 3.29. The number of para-hydroxylation sites is 2. The van der Waals surface area contributed by atoms with E-state index < -0.39 is 0 Å². The minimum atomic E-state index is -0.184. The van der Waals surface area contributed by atoms with Crippen LogP contribution in [0.15, 0.2) is 54.7 Å². The lowest BCUT2D eigenvalue weighted by Gasteiger charge is -2.20. The minimum absolute atomic E-state index is 0.0560. The number of benzene rings is 2. The van der Waals surface area contributed by atoms with Gasteiger partial charge in [0.1, 0.15) is 18.1 Å². The van der Waals surface area contributed by atoms with Gasteiger partial charge in [-0.3, -0.25) is 4.79 Å². The van der Waals surface area contributed by atoms with Gasteiger partial charge in [-0.2, -0.15) is 0 Å². The summed E-state index contributed by atoms with van der Waals surface area (Å²) in [7, 11) is 1.65. The van der Waals surface area contributed by atoms with Crippen LogP contribution >= 0.6 is 0 Å². The summed E-state index contributed by atoms with van der Waals surface area (Å²) in [6.45, 7) is 4.39. The van der Waals surface area contributed by atoms with Crippen molar-refractivity contribution in [2.45, 2.75) is 26.4 Å². The quantitative estimate of drug-likeness (QED) is 0.533. The van der Waals surface area contributed by atoms with Gasteiger partial charge >= 0.3 is 0 Å². The van der Waals surface area contributed by atoms with Gasteiger partial charge in [-0.25, -0.2) is 4.98 Å². The lowest BCUT2D eigenvalue weighted by Crippen LogP contribution is -2.34. The maximum absolute atomic E-state index is 12.8. The Kier molecular flexibility index (Phi) is 4.77. The van der Waals surface area contributed by atoms with Gasteiger partial charge in [0.2, 0.25) is 5.91 Å². The Morgan fingerprint density at radius 2 is 2.00 bits per heavy atom. The van der Waals surface area contributed by atoms with Crippen LogP contribution in [0.25, 0.3) is 21.9 Å². The van der Waals surface area contributed by atoms with E-state index in [1.54, 1.807) is 7.11 Å². The molecule has 2 N–H and O–H groups in total. The van der Waals surface area contributed by atoms with E-state index >= 15 is 0 Å². The topological polar surface area (TPSA) is 71.9 Å². The number of amides is 1. The molecule has 0 spiro atoms. The third kappa shape index (κ3) is 3.33. The molecule has 28 heavy (non-hydrogen) atoms. The number of nitrogens with zero attached hydrogens (tertiary/aromatic N) is 2. The maximum Gasteiger partial charge on any atom is 0.240 e. The van der Waals surface area contributed by atoms with Crippen molar-refractivity contribution in [2.24, 2.45) is 5.92 Å². The van der Waals surface area contributed by atoms with Crippen LogP contribution in [0, 0.1) is 5.92 Å². The lowest BCUT2D eigenvalue weighted by atomic mass is 10.0. The second-order valence-corrected chi connectivity index (χ2v) is 7.27. The standard InChI is InChI=1S/C22H24N4O2/c1-14(2)21(22-23-16-7-4-5-8-17(16)24-22)25-20(27)13-26-12-11-15-18(26)9-6-10-19(15)28-3/h4-12,14,21H,13H2,1-3H3,(H,23,24)(H,25,27)/t21-/m1/s1. The van der Waals surface area contributed by atoms with Crippen molar-refractivity contribution in [3.8, 4) is 5.75 Å². The number of carbonyl (C=O) groups excluding carboxylic acids is 1. The Morgan fingerprint density at radius 1 is 1.18 bits per heavy atom. The Balaban J connectivity index is 1.56. The van der Waals surface area contributed by atoms with Crippen LogP contribution in [0.3, 0.4) is 0 Å². The molecule has 0 aliphatic rings. The number of ether oxygens (including phenoxy) is 1. The predicted octanol–water partition coefficient (Wildman–Crippen LogP) is 4.04. The number of aromatic nitrogens is 3. The maximum atomic E-state index is 12.8. The molecule has 1 amide bonds. The molecule has 0 saturated heterocycles. The Bertz CT molecular complexity index is 1090. The largest absolute Gasteiger partial charge is 0.496 e. The molecule has 0 radical (unpaired) electrons. The number of H-pyrrole nitrogens is 1. The molecule has 2 aromatic carbocycles. The van der Waals surface area contributed by atoms with Gasteiger partial charge < -0.3 is 19.6 Å². The molecular formula is C22H24N4O2. The number of rotatable bonds is 6.